The second kappa shape index (κ2) is 6.14. The van der Waals surface area contributed by atoms with E-state index in [0.29, 0.717) is 5.56 Å². The van der Waals surface area contributed by atoms with Crippen LogP contribution in [0.2, 0.25) is 0 Å². The van der Waals surface area contributed by atoms with E-state index in [1.54, 1.807) is 0 Å². The zero-order chi connectivity index (χ0) is 13.8. The molecule has 0 saturated carbocycles. The van der Waals surface area contributed by atoms with E-state index >= 15 is 0 Å². The number of hydrogen-bond acceptors (Lipinski definition) is 6. The average molecular weight is 295 g/mol. The van der Waals surface area contributed by atoms with Gasteiger partial charge in [-0.25, -0.2) is 23.0 Å². The van der Waals surface area contributed by atoms with Crippen LogP contribution in [0.15, 0.2) is 23.1 Å². The molecule has 0 aliphatic rings. The van der Waals surface area contributed by atoms with E-state index < -0.39 is 15.0 Å². The summed E-state index contributed by atoms with van der Waals surface area (Å²) in [6.07, 6.45) is 0. The van der Waals surface area contributed by atoms with Gasteiger partial charge in [0, 0.05) is 10.7 Å². The monoisotopic (exact) mass is 294 g/mol. The zero-order valence-corrected chi connectivity index (χ0v) is 11.2. The molecule has 18 heavy (non-hydrogen) atoms. The summed E-state index contributed by atoms with van der Waals surface area (Å²) in [4.78, 5) is 20.1. The van der Waals surface area contributed by atoms with Gasteiger partial charge in [0.05, 0.1) is 24.7 Å². The highest BCUT2D eigenvalue weighted by Gasteiger charge is 2.21. The van der Waals surface area contributed by atoms with Crippen LogP contribution < -0.4 is 0 Å². The number of carbonyl (C=O) groups excluding carboxylic acids is 1. The molecule has 100 valence electrons. The summed E-state index contributed by atoms with van der Waals surface area (Å²) >= 11 is 0. The fraction of sp³-hybridized carbons (Fsp3) is 0.300. The van der Waals surface area contributed by atoms with Crippen molar-refractivity contribution in [1.29, 1.82) is 0 Å². The van der Waals surface area contributed by atoms with Crippen LogP contribution in [-0.2, 0) is 30.2 Å². The van der Waals surface area contributed by atoms with Crippen LogP contribution >= 0.6 is 10.7 Å². The predicted octanol–water partition coefficient (Wildman–Crippen LogP) is 1.48. The molecule has 0 N–H and O–H groups in total. The molecular weight excluding hydrogens is 284 g/mol. The molecule has 0 radical (unpaired) electrons. The maximum atomic E-state index is 11.4. The van der Waals surface area contributed by atoms with Crippen molar-refractivity contribution in [3.8, 4) is 0 Å². The first-order valence-electron chi connectivity index (χ1n) is 4.71. The standard InChI is InChI=1S/C10H11ClO6S/c1-15-10(12)8-4-3-7(6-17-16-2)5-9(8)18(11,13)14/h3-5H,6H2,1-2H3. The minimum Gasteiger partial charge on any atom is -0.465 e. The Bertz CT molecular complexity index is 539. The van der Waals surface area contributed by atoms with Gasteiger partial charge in [-0.2, -0.15) is 0 Å². The van der Waals surface area contributed by atoms with Crippen LogP contribution in [0.25, 0.3) is 0 Å². The second-order valence-electron chi connectivity index (χ2n) is 3.19. The van der Waals surface area contributed by atoms with Crippen LogP contribution in [0, 0.1) is 0 Å². The molecule has 0 aliphatic carbocycles. The summed E-state index contributed by atoms with van der Waals surface area (Å²) in [6.45, 7) is 0.0252. The van der Waals surface area contributed by atoms with Gasteiger partial charge >= 0.3 is 5.97 Å². The molecule has 0 unspecified atom stereocenters. The van der Waals surface area contributed by atoms with Gasteiger partial charge in [0.15, 0.2) is 0 Å². The molecule has 1 aromatic rings. The normalized spacial score (nSPS) is 11.3. The van der Waals surface area contributed by atoms with Crippen molar-refractivity contribution in [3.05, 3.63) is 29.3 Å². The Labute approximate surface area is 109 Å². The number of halogens is 1. The number of carbonyl (C=O) groups is 1. The Kier molecular flexibility index (Phi) is 5.09. The van der Waals surface area contributed by atoms with Crippen molar-refractivity contribution >= 4 is 25.7 Å². The maximum Gasteiger partial charge on any atom is 0.339 e. The SMILES string of the molecule is COOCc1ccc(C(=O)OC)c(S(=O)(=O)Cl)c1. The Morgan fingerprint density at radius 1 is 1.33 bits per heavy atom. The fourth-order valence-corrected chi connectivity index (χ4v) is 2.35. The smallest absolute Gasteiger partial charge is 0.339 e. The van der Waals surface area contributed by atoms with Gasteiger partial charge in [-0.3, -0.25) is 0 Å². The lowest BCUT2D eigenvalue weighted by molar-refractivity contribution is -0.282. The fourth-order valence-electron chi connectivity index (χ4n) is 1.26. The Morgan fingerprint density at radius 2 is 2.00 bits per heavy atom. The van der Waals surface area contributed by atoms with E-state index in [4.69, 9.17) is 10.7 Å². The van der Waals surface area contributed by atoms with E-state index in [2.05, 4.69) is 14.5 Å². The molecule has 0 bridgehead atoms. The molecule has 0 atom stereocenters. The Morgan fingerprint density at radius 3 is 2.50 bits per heavy atom. The van der Waals surface area contributed by atoms with E-state index in [1.807, 2.05) is 0 Å². The Hall–Kier alpha value is -1.15. The van der Waals surface area contributed by atoms with Crippen molar-refractivity contribution < 1.29 is 27.7 Å². The number of rotatable bonds is 5. The van der Waals surface area contributed by atoms with Crippen LogP contribution in [-0.4, -0.2) is 28.6 Å². The average Bonchev–Trinajstić information content (AvgIpc) is 2.34. The van der Waals surface area contributed by atoms with Gasteiger partial charge in [-0.1, -0.05) is 6.07 Å². The molecule has 0 heterocycles. The molecule has 0 amide bonds. The lowest BCUT2D eigenvalue weighted by Crippen LogP contribution is -2.08. The Balaban J connectivity index is 3.26. The molecular formula is C10H11ClO6S. The third kappa shape index (κ3) is 3.67. The van der Waals surface area contributed by atoms with Crippen molar-refractivity contribution in [2.75, 3.05) is 14.2 Å². The topological polar surface area (TPSA) is 78.9 Å². The summed E-state index contributed by atoms with van der Waals surface area (Å²) in [5.41, 5.74) is 0.359. The second-order valence-corrected chi connectivity index (χ2v) is 5.72. The number of esters is 1. The number of methoxy groups -OCH3 is 1. The van der Waals surface area contributed by atoms with Crippen LogP contribution in [0.3, 0.4) is 0 Å². The molecule has 0 saturated heterocycles. The van der Waals surface area contributed by atoms with Crippen molar-refractivity contribution in [2.45, 2.75) is 11.5 Å². The highest BCUT2D eigenvalue weighted by Crippen LogP contribution is 2.22. The highest BCUT2D eigenvalue weighted by atomic mass is 35.7. The van der Waals surface area contributed by atoms with E-state index in [0.717, 1.165) is 7.11 Å². The van der Waals surface area contributed by atoms with E-state index in [1.165, 1.54) is 25.3 Å². The molecule has 0 spiro atoms. The quantitative estimate of drug-likeness (QED) is 0.354. The largest absolute Gasteiger partial charge is 0.465 e. The van der Waals surface area contributed by atoms with Gasteiger partial charge < -0.3 is 4.74 Å². The highest BCUT2D eigenvalue weighted by molar-refractivity contribution is 8.13. The number of benzene rings is 1. The number of ether oxygens (including phenoxy) is 1. The summed E-state index contributed by atoms with van der Waals surface area (Å²) in [7, 11) is 3.67. The van der Waals surface area contributed by atoms with E-state index in [-0.39, 0.29) is 17.1 Å². The third-order valence-corrected chi connectivity index (χ3v) is 3.42. The van der Waals surface area contributed by atoms with Gasteiger partial charge in [0.2, 0.25) is 0 Å². The van der Waals surface area contributed by atoms with Gasteiger partial charge in [-0.05, 0) is 17.7 Å². The minimum absolute atomic E-state index is 0.0252. The summed E-state index contributed by atoms with van der Waals surface area (Å²) in [6, 6.07) is 4.04. The molecule has 6 nitrogen and oxygen atoms in total. The zero-order valence-electron chi connectivity index (χ0n) is 9.67. The lowest BCUT2D eigenvalue weighted by Gasteiger charge is -2.07. The van der Waals surface area contributed by atoms with Crippen molar-refractivity contribution in [1.82, 2.24) is 0 Å². The molecule has 8 heteroatoms. The first-order valence-corrected chi connectivity index (χ1v) is 7.02. The first-order chi connectivity index (χ1) is 8.40. The molecule has 0 aliphatic heterocycles. The molecule has 0 fully saturated rings. The summed E-state index contributed by atoms with van der Waals surface area (Å²) in [5, 5.41) is 0. The van der Waals surface area contributed by atoms with Crippen LogP contribution in [0.4, 0.5) is 0 Å². The number of hydrogen-bond donors (Lipinski definition) is 0. The van der Waals surface area contributed by atoms with E-state index in [9.17, 15) is 13.2 Å². The maximum absolute atomic E-state index is 11.4. The van der Waals surface area contributed by atoms with Crippen molar-refractivity contribution in [2.24, 2.45) is 0 Å². The van der Waals surface area contributed by atoms with Crippen LogP contribution in [0.1, 0.15) is 15.9 Å². The van der Waals surface area contributed by atoms with Gasteiger partial charge in [-0.15, -0.1) is 0 Å². The first kappa shape index (κ1) is 14.9. The van der Waals surface area contributed by atoms with Gasteiger partial charge in [0.25, 0.3) is 9.05 Å². The molecule has 0 aromatic heterocycles. The minimum atomic E-state index is -4.06. The van der Waals surface area contributed by atoms with Crippen molar-refractivity contribution in [3.63, 3.8) is 0 Å². The predicted molar refractivity (Wildman–Crippen MR) is 62.6 cm³/mol. The van der Waals surface area contributed by atoms with Crippen LogP contribution in [0.5, 0.6) is 0 Å². The molecule has 1 rings (SSSR count). The summed E-state index contributed by atoms with van der Waals surface area (Å²) in [5.74, 6) is -0.784. The lowest BCUT2D eigenvalue weighted by atomic mass is 10.1. The molecule has 1 aromatic carbocycles. The van der Waals surface area contributed by atoms with Gasteiger partial charge in [0.1, 0.15) is 6.61 Å². The third-order valence-electron chi connectivity index (χ3n) is 2.06. The summed E-state index contributed by atoms with van der Waals surface area (Å²) < 4.78 is 27.2.